The monoisotopic (exact) mass is 278 g/mol. The molecule has 0 aliphatic carbocycles. The van der Waals surface area contributed by atoms with E-state index in [1.54, 1.807) is 0 Å². The third-order valence-electron chi connectivity index (χ3n) is 4.24. The average molecular weight is 278 g/mol. The molecule has 0 saturated carbocycles. The molecule has 3 aromatic rings. The molecule has 1 aliphatic heterocycles. The second kappa shape index (κ2) is 4.97. The van der Waals surface area contributed by atoms with Crippen molar-refractivity contribution in [3.05, 3.63) is 59.7 Å². The van der Waals surface area contributed by atoms with Gasteiger partial charge in [0.05, 0.1) is 0 Å². The molecule has 1 aromatic heterocycles. The number of rotatable bonds is 2. The minimum atomic E-state index is 0.226. The number of hydrogen-bond donors (Lipinski definition) is 1. The number of nitrogens with zero attached hydrogens (tertiary/aromatic N) is 3. The van der Waals surface area contributed by atoms with Crippen LogP contribution in [-0.4, -0.2) is 20.8 Å². The highest BCUT2D eigenvalue weighted by molar-refractivity contribution is 5.83. The van der Waals surface area contributed by atoms with Crippen molar-refractivity contribution in [2.45, 2.75) is 31.8 Å². The molecule has 1 unspecified atom stereocenters. The van der Waals surface area contributed by atoms with E-state index in [-0.39, 0.29) is 6.04 Å². The average Bonchev–Trinajstić information content (AvgIpc) is 2.89. The highest BCUT2D eigenvalue weighted by Gasteiger charge is 2.20. The van der Waals surface area contributed by atoms with Crippen molar-refractivity contribution in [3.63, 3.8) is 0 Å². The lowest BCUT2D eigenvalue weighted by molar-refractivity contribution is 0.445. The van der Waals surface area contributed by atoms with E-state index in [0.29, 0.717) is 0 Å². The Morgan fingerprint density at radius 3 is 2.86 bits per heavy atom. The lowest BCUT2D eigenvalue weighted by atomic mass is 10.0. The summed E-state index contributed by atoms with van der Waals surface area (Å²) in [4.78, 5) is 0. The molecule has 0 radical (unpaired) electrons. The molecule has 2 aromatic carbocycles. The molecule has 0 saturated heterocycles. The van der Waals surface area contributed by atoms with Gasteiger partial charge in [-0.15, -0.1) is 10.2 Å². The van der Waals surface area contributed by atoms with Crippen molar-refractivity contribution in [2.75, 3.05) is 0 Å². The summed E-state index contributed by atoms with van der Waals surface area (Å²) >= 11 is 0. The first kappa shape index (κ1) is 12.5. The Bertz CT molecular complexity index is 790. The van der Waals surface area contributed by atoms with E-state index in [2.05, 4.69) is 57.2 Å². The maximum atomic E-state index is 6.07. The van der Waals surface area contributed by atoms with Gasteiger partial charge in [0.1, 0.15) is 11.6 Å². The zero-order valence-corrected chi connectivity index (χ0v) is 11.9. The largest absolute Gasteiger partial charge is 0.326 e. The van der Waals surface area contributed by atoms with E-state index in [1.165, 1.54) is 16.3 Å². The number of fused-ring (bicyclic) bond motifs is 2. The van der Waals surface area contributed by atoms with Crippen molar-refractivity contribution in [1.29, 1.82) is 0 Å². The van der Waals surface area contributed by atoms with E-state index < -0.39 is 0 Å². The summed E-state index contributed by atoms with van der Waals surface area (Å²) in [5.74, 6) is 2.10. The standard InChI is InChI=1S/C17H18N4/c18-15-7-8-16-19-20-17(21(16)11-15)10-12-5-6-13-3-1-2-4-14(13)9-12/h1-6,9,15H,7-8,10-11,18H2. The van der Waals surface area contributed by atoms with E-state index in [4.69, 9.17) is 5.73 Å². The summed E-state index contributed by atoms with van der Waals surface area (Å²) in [7, 11) is 0. The Hall–Kier alpha value is -2.20. The van der Waals surface area contributed by atoms with Crippen molar-refractivity contribution in [2.24, 2.45) is 5.73 Å². The van der Waals surface area contributed by atoms with Crippen LogP contribution in [0.1, 0.15) is 23.6 Å². The van der Waals surface area contributed by atoms with Gasteiger partial charge < -0.3 is 10.3 Å². The van der Waals surface area contributed by atoms with Crippen molar-refractivity contribution in [1.82, 2.24) is 14.8 Å². The molecule has 1 atom stereocenters. The molecule has 1 aliphatic rings. The Labute approximate surface area is 123 Å². The molecule has 21 heavy (non-hydrogen) atoms. The summed E-state index contributed by atoms with van der Waals surface area (Å²) in [6.07, 6.45) is 2.75. The molecule has 4 rings (SSSR count). The fourth-order valence-electron chi connectivity index (χ4n) is 3.07. The first-order valence-electron chi connectivity index (χ1n) is 7.44. The van der Waals surface area contributed by atoms with Gasteiger partial charge in [0.15, 0.2) is 0 Å². The lowest BCUT2D eigenvalue weighted by Crippen LogP contribution is -2.32. The second-order valence-electron chi connectivity index (χ2n) is 5.80. The van der Waals surface area contributed by atoms with Gasteiger partial charge in [-0.05, 0) is 22.8 Å². The minimum Gasteiger partial charge on any atom is -0.326 e. The van der Waals surface area contributed by atoms with Crippen LogP contribution in [0.4, 0.5) is 0 Å². The Morgan fingerprint density at radius 2 is 1.95 bits per heavy atom. The normalized spacial score (nSPS) is 17.9. The number of benzene rings is 2. The van der Waals surface area contributed by atoms with Crippen molar-refractivity contribution in [3.8, 4) is 0 Å². The Kier molecular flexibility index (Phi) is 2.97. The number of aromatic nitrogens is 3. The highest BCUT2D eigenvalue weighted by atomic mass is 15.3. The number of hydrogen-bond acceptors (Lipinski definition) is 3. The summed E-state index contributed by atoms with van der Waals surface area (Å²) in [5, 5.41) is 11.2. The molecule has 106 valence electrons. The van der Waals surface area contributed by atoms with Crippen LogP contribution in [-0.2, 0) is 19.4 Å². The molecule has 4 nitrogen and oxygen atoms in total. The summed E-state index contributed by atoms with van der Waals surface area (Å²) in [6, 6.07) is 15.2. The van der Waals surface area contributed by atoms with Gasteiger partial charge in [0.2, 0.25) is 0 Å². The topological polar surface area (TPSA) is 56.7 Å². The maximum absolute atomic E-state index is 6.07. The third kappa shape index (κ3) is 2.32. The van der Waals surface area contributed by atoms with Gasteiger partial charge in [0.25, 0.3) is 0 Å². The van der Waals surface area contributed by atoms with Crippen molar-refractivity contribution >= 4 is 10.8 Å². The van der Waals surface area contributed by atoms with Gasteiger partial charge in [-0.3, -0.25) is 0 Å². The van der Waals surface area contributed by atoms with Gasteiger partial charge in [0, 0.05) is 25.4 Å². The van der Waals surface area contributed by atoms with Crippen LogP contribution in [0.2, 0.25) is 0 Å². The van der Waals surface area contributed by atoms with Crippen LogP contribution in [0.15, 0.2) is 42.5 Å². The third-order valence-corrected chi connectivity index (χ3v) is 4.24. The molecular weight excluding hydrogens is 260 g/mol. The molecule has 0 spiro atoms. The van der Waals surface area contributed by atoms with Gasteiger partial charge in [-0.25, -0.2) is 0 Å². The van der Waals surface area contributed by atoms with Gasteiger partial charge >= 0.3 is 0 Å². The smallest absolute Gasteiger partial charge is 0.137 e. The number of aryl methyl sites for hydroxylation is 1. The van der Waals surface area contributed by atoms with E-state index in [0.717, 1.165) is 37.5 Å². The van der Waals surface area contributed by atoms with E-state index in [1.807, 2.05) is 0 Å². The quantitative estimate of drug-likeness (QED) is 0.782. The minimum absolute atomic E-state index is 0.226. The lowest BCUT2D eigenvalue weighted by Gasteiger charge is -2.20. The predicted octanol–water partition coefficient (Wildman–Crippen LogP) is 2.30. The van der Waals surface area contributed by atoms with Gasteiger partial charge in [-0.1, -0.05) is 42.5 Å². The van der Waals surface area contributed by atoms with Crippen molar-refractivity contribution < 1.29 is 0 Å². The van der Waals surface area contributed by atoms with Crippen LogP contribution in [0.3, 0.4) is 0 Å². The van der Waals surface area contributed by atoms with Crippen LogP contribution < -0.4 is 5.73 Å². The first-order chi connectivity index (χ1) is 10.3. The number of nitrogens with two attached hydrogens (primary N) is 1. The fourth-order valence-corrected chi connectivity index (χ4v) is 3.07. The Balaban J connectivity index is 1.67. The van der Waals surface area contributed by atoms with Gasteiger partial charge in [-0.2, -0.15) is 0 Å². The van der Waals surface area contributed by atoms with Crippen LogP contribution in [0.25, 0.3) is 10.8 Å². The molecule has 0 bridgehead atoms. The first-order valence-corrected chi connectivity index (χ1v) is 7.44. The summed E-state index contributed by atoms with van der Waals surface area (Å²) < 4.78 is 2.20. The van der Waals surface area contributed by atoms with Crippen LogP contribution in [0.5, 0.6) is 0 Å². The molecule has 2 N–H and O–H groups in total. The Morgan fingerprint density at radius 1 is 1.10 bits per heavy atom. The zero-order valence-electron chi connectivity index (χ0n) is 11.9. The molecular formula is C17H18N4. The van der Waals surface area contributed by atoms with E-state index >= 15 is 0 Å². The SMILES string of the molecule is NC1CCc2nnc(Cc3ccc4ccccc4c3)n2C1. The molecule has 0 fully saturated rings. The predicted molar refractivity (Wildman–Crippen MR) is 83.1 cm³/mol. The highest BCUT2D eigenvalue weighted by Crippen LogP contribution is 2.20. The van der Waals surface area contributed by atoms with Crippen LogP contribution >= 0.6 is 0 Å². The molecule has 4 heteroatoms. The molecule has 0 amide bonds. The van der Waals surface area contributed by atoms with Crippen LogP contribution in [0, 0.1) is 0 Å². The second-order valence-corrected chi connectivity index (χ2v) is 5.80. The summed E-state index contributed by atoms with van der Waals surface area (Å²) in [5.41, 5.74) is 7.34. The zero-order chi connectivity index (χ0) is 14.2. The molecule has 2 heterocycles. The maximum Gasteiger partial charge on any atom is 0.137 e. The summed E-state index contributed by atoms with van der Waals surface area (Å²) in [6.45, 7) is 0.839. The van der Waals surface area contributed by atoms with E-state index in [9.17, 15) is 0 Å². The fraction of sp³-hybridized carbons (Fsp3) is 0.294.